The van der Waals surface area contributed by atoms with Gasteiger partial charge in [-0.25, -0.2) is 8.42 Å². The molecule has 0 aliphatic carbocycles. The first kappa shape index (κ1) is 14.7. The van der Waals surface area contributed by atoms with E-state index < -0.39 is 9.84 Å². The highest BCUT2D eigenvalue weighted by molar-refractivity contribution is 7.90. The van der Waals surface area contributed by atoms with Gasteiger partial charge in [-0.05, 0) is 12.0 Å². The number of aliphatic hydroxyl groups excluding tert-OH is 1. The molecule has 1 aromatic rings. The molecule has 1 N–H and O–H groups in total. The van der Waals surface area contributed by atoms with Gasteiger partial charge in [0.05, 0.1) is 27.2 Å². The minimum Gasteiger partial charge on any atom is -0.396 e. The lowest BCUT2D eigenvalue weighted by Crippen LogP contribution is -2.18. The van der Waals surface area contributed by atoms with E-state index in [4.69, 9.17) is 28.3 Å². The third kappa shape index (κ3) is 4.79. The van der Waals surface area contributed by atoms with Gasteiger partial charge in [0.1, 0.15) is 0 Å². The molecule has 0 amide bonds. The summed E-state index contributed by atoms with van der Waals surface area (Å²) in [6.45, 7) is 1.50. The Balaban J connectivity index is 2.83. The van der Waals surface area contributed by atoms with Crippen LogP contribution in [0.4, 0.5) is 0 Å². The number of pyridine rings is 1. The SMILES string of the molecule is C[C@H](CO)CS(=O)(=O)Cc1ncc(Cl)cc1Cl. The molecule has 0 saturated carbocycles. The second-order valence-corrected chi connectivity index (χ2v) is 6.88. The minimum absolute atomic E-state index is 0.0931. The fourth-order valence-electron chi connectivity index (χ4n) is 1.30. The van der Waals surface area contributed by atoms with E-state index in [1.54, 1.807) is 6.92 Å². The van der Waals surface area contributed by atoms with Crippen molar-refractivity contribution >= 4 is 33.0 Å². The minimum atomic E-state index is -3.33. The highest BCUT2D eigenvalue weighted by Crippen LogP contribution is 2.20. The molecule has 0 saturated heterocycles. The van der Waals surface area contributed by atoms with Crippen LogP contribution in [0, 0.1) is 5.92 Å². The summed E-state index contributed by atoms with van der Waals surface area (Å²) in [6, 6.07) is 1.45. The van der Waals surface area contributed by atoms with Crippen molar-refractivity contribution in [2.24, 2.45) is 5.92 Å². The molecule has 0 aliphatic heterocycles. The van der Waals surface area contributed by atoms with Gasteiger partial charge in [-0.2, -0.15) is 0 Å². The van der Waals surface area contributed by atoms with Crippen LogP contribution < -0.4 is 0 Å². The van der Waals surface area contributed by atoms with E-state index in [0.29, 0.717) is 5.02 Å². The van der Waals surface area contributed by atoms with Crippen molar-refractivity contribution in [1.29, 1.82) is 0 Å². The fourth-order valence-corrected chi connectivity index (χ4v) is 3.57. The van der Waals surface area contributed by atoms with Crippen molar-refractivity contribution in [3.8, 4) is 0 Å². The van der Waals surface area contributed by atoms with Gasteiger partial charge in [-0.3, -0.25) is 4.98 Å². The second kappa shape index (κ2) is 6.00. The summed E-state index contributed by atoms with van der Waals surface area (Å²) in [5, 5.41) is 9.43. The van der Waals surface area contributed by atoms with Crippen molar-refractivity contribution in [2.75, 3.05) is 12.4 Å². The summed E-state index contributed by atoms with van der Waals surface area (Å²) in [4.78, 5) is 3.89. The maximum absolute atomic E-state index is 11.8. The standard InChI is InChI=1S/C10H13Cl2NO3S/c1-7(4-14)5-17(15,16)6-10-9(12)2-8(11)3-13-10/h2-3,7,14H,4-6H2,1H3/t7-/m1/s1. The molecule has 17 heavy (non-hydrogen) atoms. The third-order valence-electron chi connectivity index (χ3n) is 2.09. The number of aromatic nitrogens is 1. The Morgan fingerprint density at radius 2 is 2.12 bits per heavy atom. The largest absolute Gasteiger partial charge is 0.396 e. The molecule has 96 valence electrons. The molecule has 0 unspecified atom stereocenters. The van der Waals surface area contributed by atoms with E-state index in [0.717, 1.165) is 0 Å². The highest BCUT2D eigenvalue weighted by Gasteiger charge is 2.18. The van der Waals surface area contributed by atoms with Crippen LogP contribution >= 0.6 is 23.2 Å². The summed E-state index contributed by atoms with van der Waals surface area (Å²) in [6.07, 6.45) is 1.35. The zero-order chi connectivity index (χ0) is 13.1. The molecule has 1 rings (SSSR count). The molecule has 0 aromatic carbocycles. The zero-order valence-electron chi connectivity index (χ0n) is 9.23. The lowest BCUT2D eigenvalue weighted by molar-refractivity contribution is 0.249. The van der Waals surface area contributed by atoms with Crippen LogP contribution in [0.2, 0.25) is 10.0 Å². The summed E-state index contributed by atoms with van der Waals surface area (Å²) >= 11 is 11.5. The van der Waals surface area contributed by atoms with Crippen LogP contribution in [0.25, 0.3) is 0 Å². The Labute approximate surface area is 111 Å². The first-order chi connectivity index (χ1) is 7.84. The summed E-state index contributed by atoms with van der Waals surface area (Å²) in [7, 11) is -3.33. The van der Waals surface area contributed by atoms with E-state index in [1.165, 1.54) is 12.3 Å². The molecule has 0 bridgehead atoms. The molecule has 4 nitrogen and oxygen atoms in total. The Kier molecular flexibility index (Phi) is 5.19. The number of rotatable bonds is 5. The number of aliphatic hydroxyl groups is 1. The first-order valence-electron chi connectivity index (χ1n) is 4.95. The van der Waals surface area contributed by atoms with Crippen LogP contribution in [-0.4, -0.2) is 30.9 Å². The lowest BCUT2D eigenvalue weighted by Gasteiger charge is -2.09. The molecule has 0 aliphatic rings. The van der Waals surface area contributed by atoms with Gasteiger partial charge in [0, 0.05) is 12.8 Å². The summed E-state index contributed by atoms with van der Waals surface area (Å²) in [5.41, 5.74) is 0.279. The highest BCUT2D eigenvalue weighted by atomic mass is 35.5. The van der Waals surface area contributed by atoms with Crippen molar-refractivity contribution in [3.05, 3.63) is 28.0 Å². The maximum atomic E-state index is 11.8. The maximum Gasteiger partial charge on any atom is 0.156 e. The molecule has 1 atom stereocenters. The Morgan fingerprint density at radius 3 is 2.65 bits per heavy atom. The van der Waals surface area contributed by atoms with E-state index in [2.05, 4.69) is 4.98 Å². The van der Waals surface area contributed by atoms with Crippen LogP contribution in [-0.2, 0) is 15.6 Å². The molecule has 0 spiro atoms. The predicted molar refractivity (Wildman–Crippen MR) is 68.0 cm³/mol. The van der Waals surface area contributed by atoms with Crippen molar-refractivity contribution in [2.45, 2.75) is 12.7 Å². The molecule has 1 aromatic heterocycles. The molecular weight excluding hydrogens is 285 g/mol. The van der Waals surface area contributed by atoms with Crippen molar-refractivity contribution in [1.82, 2.24) is 4.98 Å². The molecule has 7 heteroatoms. The molecule has 0 fully saturated rings. The number of sulfone groups is 1. The quantitative estimate of drug-likeness (QED) is 0.902. The topological polar surface area (TPSA) is 67.3 Å². The molecule has 1 heterocycles. The average molecular weight is 298 g/mol. The second-order valence-electron chi connectivity index (χ2n) is 3.92. The van der Waals surface area contributed by atoms with Crippen LogP contribution in [0.3, 0.4) is 0 Å². The normalized spacial score (nSPS) is 13.6. The number of halogens is 2. The number of hydrogen-bond donors (Lipinski definition) is 1. The van der Waals surface area contributed by atoms with Crippen LogP contribution in [0.5, 0.6) is 0 Å². The Bertz CT molecular complexity index is 490. The Hall–Kier alpha value is -0.360. The predicted octanol–water partition coefficient (Wildman–Crippen LogP) is 1.93. The monoisotopic (exact) mass is 297 g/mol. The molecule has 0 radical (unpaired) electrons. The van der Waals surface area contributed by atoms with E-state index in [-0.39, 0.29) is 34.7 Å². The van der Waals surface area contributed by atoms with Crippen molar-refractivity contribution in [3.63, 3.8) is 0 Å². The smallest absolute Gasteiger partial charge is 0.156 e. The molecular formula is C10H13Cl2NO3S. The van der Waals surface area contributed by atoms with Gasteiger partial charge in [0.2, 0.25) is 0 Å². The van der Waals surface area contributed by atoms with Gasteiger partial charge < -0.3 is 5.11 Å². The summed E-state index contributed by atoms with van der Waals surface area (Å²) in [5.74, 6) is -0.636. The van der Waals surface area contributed by atoms with Gasteiger partial charge in [-0.1, -0.05) is 30.1 Å². The summed E-state index contributed by atoms with van der Waals surface area (Å²) < 4.78 is 23.5. The number of hydrogen-bond acceptors (Lipinski definition) is 4. The van der Waals surface area contributed by atoms with E-state index in [9.17, 15) is 8.42 Å². The van der Waals surface area contributed by atoms with Crippen LogP contribution in [0.15, 0.2) is 12.3 Å². The van der Waals surface area contributed by atoms with E-state index >= 15 is 0 Å². The van der Waals surface area contributed by atoms with Gasteiger partial charge in [-0.15, -0.1) is 0 Å². The van der Waals surface area contributed by atoms with Gasteiger partial charge in [0.15, 0.2) is 9.84 Å². The first-order valence-corrected chi connectivity index (χ1v) is 7.53. The van der Waals surface area contributed by atoms with Crippen molar-refractivity contribution < 1.29 is 13.5 Å². The Morgan fingerprint density at radius 1 is 1.47 bits per heavy atom. The van der Waals surface area contributed by atoms with Crippen LogP contribution in [0.1, 0.15) is 12.6 Å². The number of nitrogens with zero attached hydrogens (tertiary/aromatic N) is 1. The lowest BCUT2D eigenvalue weighted by atomic mass is 10.2. The van der Waals surface area contributed by atoms with Gasteiger partial charge >= 0.3 is 0 Å². The zero-order valence-corrected chi connectivity index (χ0v) is 11.6. The van der Waals surface area contributed by atoms with Gasteiger partial charge in [0.25, 0.3) is 0 Å². The fraction of sp³-hybridized carbons (Fsp3) is 0.500. The third-order valence-corrected chi connectivity index (χ3v) is 4.41. The van der Waals surface area contributed by atoms with E-state index in [1.807, 2.05) is 0 Å². The average Bonchev–Trinajstić information content (AvgIpc) is 2.21.